The summed E-state index contributed by atoms with van der Waals surface area (Å²) in [7, 11) is 0. The fourth-order valence-electron chi connectivity index (χ4n) is 5.09. The highest BCUT2D eigenvalue weighted by atomic mass is 35.5. The number of piperidine rings is 1. The van der Waals surface area contributed by atoms with E-state index in [-0.39, 0.29) is 29.7 Å². The SMILES string of the molecule is C/C(=N\NC(=O)c1c(CN2CCCCC2)nnn1-c1nonc1N)c1ccc(OCc2cccc3ccccc23)cc1.Cl. The summed E-state index contributed by atoms with van der Waals surface area (Å²) in [5.41, 5.74) is 11.8. The van der Waals surface area contributed by atoms with Crippen LogP contribution >= 0.6 is 12.4 Å². The van der Waals surface area contributed by atoms with Crippen molar-refractivity contribution in [2.45, 2.75) is 39.3 Å². The Morgan fingerprint density at radius 2 is 1.79 bits per heavy atom. The zero-order valence-electron chi connectivity index (χ0n) is 23.6. The zero-order chi connectivity index (χ0) is 28.9. The number of carbonyl (C=O) groups excluding carboxylic acids is 1. The second-order valence-corrected chi connectivity index (χ2v) is 10.2. The lowest BCUT2D eigenvalue weighted by atomic mass is 10.1. The van der Waals surface area contributed by atoms with E-state index in [0.29, 0.717) is 24.6 Å². The van der Waals surface area contributed by atoms with Gasteiger partial charge in [-0.3, -0.25) is 9.69 Å². The van der Waals surface area contributed by atoms with Gasteiger partial charge in [-0.05, 0) is 89.3 Å². The van der Waals surface area contributed by atoms with Gasteiger partial charge in [0.1, 0.15) is 18.1 Å². The van der Waals surface area contributed by atoms with Gasteiger partial charge in [-0.1, -0.05) is 54.1 Å². The number of nitrogens with two attached hydrogens (primary N) is 1. The van der Waals surface area contributed by atoms with Crippen LogP contribution in [0.2, 0.25) is 0 Å². The molecule has 1 aliphatic rings. The van der Waals surface area contributed by atoms with Crippen molar-refractivity contribution >= 4 is 40.6 Å². The second-order valence-electron chi connectivity index (χ2n) is 10.2. The maximum absolute atomic E-state index is 13.4. The number of halogens is 1. The summed E-state index contributed by atoms with van der Waals surface area (Å²) in [6.07, 6.45) is 3.40. The van der Waals surface area contributed by atoms with Crippen LogP contribution in [0, 0.1) is 0 Å². The van der Waals surface area contributed by atoms with Crippen LogP contribution in [0.1, 0.15) is 53.5 Å². The molecule has 222 valence electrons. The predicted molar refractivity (Wildman–Crippen MR) is 164 cm³/mol. The third-order valence-corrected chi connectivity index (χ3v) is 7.34. The summed E-state index contributed by atoms with van der Waals surface area (Å²) in [5, 5.41) is 22.5. The predicted octanol–water partition coefficient (Wildman–Crippen LogP) is 4.53. The van der Waals surface area contributed by atoms with Gasteiger partial charge in [-0.15, -0.1) is 17.5 Å². The first kappa shape index (κ1) is 29.7. The number of anilines is 1. The molecule has 5 aromatic rings. The van der Waals surface area contributed by atoms with E-state index < -0.39 is 5.91 Å². The van der Waals surface area contributed by atoms with E-state index in [9.17, 15) is 4.79 Å². The first-order chi connectivity index (χ1) is 20.6. The van der Waals surface area contributed by atoms with E-state index in [4.69, 9.17) is 15.1 Å². The highest BCUT2D eigenvalue weighted by Crippen LogP contribution is 2.22. The second kappa shape index (κ2) is 13.4. The van der Waals surface area contributed by atoms with Crippen molar-refractivity contribution in [2.75, 3.05) is 18.8 Å². The third-order valence-electron chi connectivity index (χ3n) is 7.34. The number of carbonyl (C=O) groups is 1. The van der Waals surface area contributed by atoms with Gasteiger partial charge >= 0.3 is 0 Å². The molecule has 3 heterocycles. The summed E-state index contributed by atoms with van der Waals surface area (Å²) < 4.78 is 12.0. The lowest BCUT2D eigenvalue weighted by Crippen LogP contribution is -2.31. The molecule has 0 aliphatic carbocycles. The minimum Gasteiger partial charge on any atom is -0.489 e. The van der Waals surface area contributed by atoms with Crippen LogP contribution in [-0.2, 0) is 13.2 Å². The van der Waals surface area contributed by atoms with E-state index in [2.05, 4.69) is 60.3 Å². The van der Waals surface area contributed by atoms with E-state index in [0.717, 1.165) is 42.8 Å². The molecule has 43 heavy (non-hydrogen) atoms. The van der Waals surface area contributed by atoms with Crippen LogP contribution in [0.15, 0.2) is 76.5 Å². The monoisotopic (exact) mass is 601 g/mol. The van der Waals surface area contributed by atoms with Crippen LogP contribution < -0.4 is 15.9 Å². The van der Waals surface area contributed by atoms with Gasteiger partial charge in [0.05, 0.1) is 5.71 Å². The summed E-state index contributed by atoms with van der Waals surface area (Å²) in [6, 6.07) is 22.0. The number of hydrazone groups is 1. The summed E-state index contributed by atoms with van der Waals surface area (Å²) in [4.78, 5) is 15.7. The molecule has 3 N–H and O–H groups in total. The lowest BCUT2D eigenvalue weighted by Gasteiger charge is -2.25. The lowest BCUT2D eigenvalue weighted by molar-refractivity contribution is 0.0944. The number of amides is 1. The van der Waals surface area contributed by atoms with Crippen LogP contribution in [0.4, 0.5) is 5.82 Å². The van der Waals surface area contributed by atoms with Crippen molar-refractivity contribution in [1.29, 1.82) is 0 Å². The molecule has 1 fully saturated rings. The van der Waals surface area contributed by atoms with Crippen LogP contribution in [0.5, 0.6) is 5.75 Å². The number of rotatable bonds is 9. The smallest absolute Gasteiger partial charge is 0.292 e. The van der Waals surface area contributed by atoms with Crippen molar-refractivity contribution in [3.8, 4) is 11.6 Å². The number of hydrogen-bond acceptors (Lipinski definition) is 10. The quantitative estimate of drug-likeness (QED) is 0.183. The number of nitrogens with zero attached hydrogens (tertiary/aromatic N) is 7. The number of nitrogen functional groups attached to an aromatic ring is 1. The topological polar surface area (TPSA) is 150 Å². The van der Waals surface area contributed by atoms with Crippen LogP contribution in [-0.4, -0.2) is 54.9 Å². The molecule has 3 aromatic carbocycles. The van der Waals surface area contributed by atoms with Crippen molar-refractivity contribution in [3.05, 3.63) is 89.2 Å². The largest absolute Gasteiger partial charge is 0.489 e. The third kappa shape index (κ3) is 6.65. The fraction of sp³-hybridized carbons (Fsp3) is 0.267. The Hall–Kier alpha value is -4.81. The molecule has 12 nitrogen and oxygen atoms in total. The van der Waals surface area contributed by atoms with Gasteiger partial charge in [0.2, 0.25) is 11.6 Å². The number of nitrogens with one attached hydrogen (secondary N) is 1. The maximum Gasteiger partial charge on any atom is 0.292 e. The summed E-state index contributed by atoms with van der Waals surface area (Å²) in [5.74, 6) is 0.335. The molecule has 6 rings (SSSR count). The number of aromatic nitrogens is 5. The molecule has 1 amide bonds. The van der Waals surface area contributed by atoms with E-state index in [1.807, 2.05) is 49.4 Å². The fourth-order valence-corrected chi connectivity index (χ4v) is 5.09. The first-order valence-electron chi connectivity index (χ1n) is 13.9. The average molecular weight is 602 g/mol. The molecule has 0 unspecified atom stereocenters. The first-order valence-corrected chi connectivity index (χ1v) is 13.9. The van der Waals surface area contributed by atoms with Crippen molar-refractivity contribution in [2.24, 2.45) is 5.10 Å². The molecule has 2 aromatic heterocycles. The van der Waals surface area contributed by atoms with E-state index >= 15 is 0 Å². The van der Waals surface area contributed by atoms with Gasteiger partial charge in [-0.25, -0.2) is 10.1 Å². The van der Waals surface area contributed by atoms with Crippen molar-refractivity contribution < 1.29 is 14.2 Å². The molecule has 0 radical (unpaired) electrons. The van der Waals surface area contributed by atoms with Crippen molar-refractivity contribution in [1.82, 2.24) is 35.6 Å². The Labute approximate surface area is 254 Å². The molecular formula is C30H32ClN9O3. The number of ether oxygens (including phenoxy) is 1. The van der Waals surface area contributed by atoms with Gasteiger partial charge in [0.15, 0.2) is 5.69 Å². The number of hydrogen-bond donors (Lipinski definition) is 2. The Morgan fingerprint density at radius 3 is 2.56 bits per heavy atom. The van der Waals surface area contributed by atoms with Crippen LogP contribution in [0.3, 0.4) is 0 Å². The van der Waals surface area contributed by atoms with E-state index in [1.165, 1.54) is 21.9 Å². The Bertz CT molecular complexity index is 1720. The minimum atomic E-state index is -0.496. The standard InChI is InChI=1S/C30H31N9O3.ClH/c1-20(21-12-14-24(15-13-21)41-19-23-10-7-9-22-8-3-4-11-25(22)23)32-34-30(40)27-26(18-38-16-5-2-6-17-38)33-37-39(27)29-28(31)35-42-36-29;/h3-4,7-15H,2,5-6,16-19H2,1H3,(H2,31,35)(H,34,40);1H/b32-20+;. The molecule has 0 bridgehead atoms. The normalized spacial score (nSPS) is 13.9. The number of likely N-dealkylation sites (tertiary alicyclic amines) is 1. The Kier molecular flexibility index (Phi) is 9.28. The Morgan fingerprint density at radius 1 is 1.02 bits per heavy atom. The molecule has 1 saturated heterocycles. The minimum absolute atomic E-state index is 0. The molecule has 0 spiro atoms. The highest BCUT2D eigenvalue weighted by molar-refractivity contribution is 6.01. The average Bonchev–Trinajstić information content (AvgIpc) is 3.64. The number of benzene rings is 3. The number of fused-ring (bicyclic) bond motifs is 1. The molecule has 13 heteroatoms. The van der Waals surface area contributed by atoms with Crippen molar-refractivity contribution in [3.63, 3.8) is 0 Å². The van der Waals surface area contributed by atoms with Gasteiger partial charge in [-0.2, -0.15) is 9.78 Å². The Balaban J connectivity index is 0.00000368. The summed E-state index contributed by atoms with van der Waals surface area (Å²) >= 11 is 0. The van der Waals surface area contributed by atoms with Gasteiger partial charge < -0.3 is 10.5 Å². The molecule has 1 aliphatic heterocycles. The van der Waals surface area contributed by atoms with Gasteiger partial charge in [0, 0.05) is 6.54 Å². The maximum atomic E-state index is 13.4. The molecule has 0 saturated carbocycles. The zero-order valence-corrected chi connectivity index (χ0v) is 24.5. The highest BCUT2D eigenvalue weighted by Gasteiger charge is 2.26. The van der Waals surface area contributed by atoms with Crippen LogP contribution in [0.25, 0.3) is 16.6 Å². The van der Waals surface area contributed by atoms with E-state index in [1.54, 1.807) is 0 Å². The molecular weight excluding hydrogens is 570 g/mol. The van der Waals surface area contributed by atoms with Gasteiger partial charge in [0.25, 0.3) is 5.91 Å². The summed E-state index contributed by atoms with van der Waals surface area (Å²) in [6.45, 7) is 4.60. The molecule has 0 atom stereocenters.